The summed E-state index contributed by atoms with van der Waals surface area (Å²) in [6, 6.07) is 18.5. The molecular formula is C22H13ClFNO3. The molecule has 1 N–H and O–H groups in total. The molecule has 4 nitrogen and oxygen atoms in total. The lowest BCUT2D eigenvalue weighted by Crippen LogP contribution is -2.16. The van der Waals surface area contributed by atoms with Gasteiger partial charge >= 0.3 is 0 Å². The van der Waals surface area contributed by atoms with Crippen LogP contribution >= 0.6 is 11.6 Å². The zero-order chi connectivity index (χ0) is 19.7. The Kier molecular flexibility index (Phi) is 4.67. The van der Waals surface area contributed by atoms with E-state index in [4.69, 9.17) is 16.0 Å². The molecule has 0 saturated carbocycles. The molecule has 0 aliphatic rings. The van der Waals surface area contributed by atoms with Crippen molar-refractivity contribution in [3.63, 3.8) is 0 Å². The Morgan fingerprint density at radius 1 is 0.929 bits per heavy atom. The third kappa shape index (κ3) is 3.40. The summed E-state index contributed by atoms with van der Waals surface area (Å²) in [4.78, 5) is 25.7. The molecule has 0 radical (unpaired) electrons. The molecule has 138 valence electrons. The van der Waals surface area contributed by atoms with Crippen LogP contribution in [0, 0.1) is 5.82 Å². The molecule has 1 amide bonds. The zero-order valence-corrected chi connectivity index (χ0v) is 15.2. The lowest BCUT2D eigenvalue weighted by atomic mass is 10.0. The van der Waals surface area contributed by atoms with Crippen LogP contribution in [0.15, 0.2) is 82.0 Å². The molecule has 0 atom stereocenters. The van der Waals surface area contributed by atoms with E-state index in [9.17, 15) is 14.0 Å². The molecule has 0 fully saturated rings. The van der Waals surface area contributed by atoms with Crippen LogP contribution in [0.2, 0.25) is 5.02 Å². The molecular weight excluding hydrogens is 381 g/mol. The van der Waals surface area contributed by atoms with Gasteiger partial charge in [-0.2, -0.15) is 0 Å². The number of nitrogens with one attached hydrogen (secondary N) is 1. The van der Waals surface area contributed by atoms with Crippen LogP contribution in [-0.4, -0.2) is 5.91 Å². The molecule has 0 saturated heterocycles. The fourth-order valence-electron chi connectivity index (χ4n) is 2.89. The average molecular weight is 394 g/mol. The van der Waals surface area contributed by atoms with Crippen molar-refractivity contribution in [3.8, 4) is 11.1 Å². The first-order valence-electron chi connectivity index (χ1n) is 8.41. The van der Waals surface area contributed by atoms with E-state index in [0.717, 1.165) is 0 Å². The summed E-state index contributed by atoms with van der Waals surface area (Å²) in [6.07, 6.45) is 0. The molecule has 4 rings (SSSR count). The molecule has 28 heavy (non-hydrogen) atoms. The highest BCUT2D eigenvalue weighted by molar-refractivity contribution is 6.30. The number of rotatable bonds is 3. The van der Waals surface area contributed by atoms with Gasteiger partial charge in [-0.1, -0.05) is 35.9 Å². The van der Waals surface area contributed by atoms with Gasteiger partial charge in [0.1, 0.15) is 11.4 Å². The first-order chi connectivity index (χ1) is 13.5. The SMILES string of the molecule is O=C(Nc1oc2ccccc2c(=O)c1-c1ccc(Cl)cc1)c1ccc(F)cc1. The van der Waals surface area contributed by atoms with Gasteiger partial charge in [-0.3, -0.25) is 14.9 Å². The van der Waals surface area contributed by atoms with E-state index in [1.165, 1.54) is 24.3 Å². The van der Waals surface area contributed by atoms with Crippen LogP contribution in [0.3, 0.4) is 0 Å². The Morgan fingerprint density at radius 3 is 2.32 bits per heavy atom. The lowest BCUT2D eigenvalue weighted by Gasteiger charge is -2.11. The number of fused-ring (bicyclic) bond motifs is 1. The standard InChI is InChI=1S/C22H13ClFNO3/c23-15-9-5-13(6-10-15)19-20(26)17-3-1-2-4-18(17)28-22(19)25-21(27)14-7-11-16(24)12-8-14/h1-12H,(H,25,27). The molecule has 0 bridgehead atoms. The predicted molar refractivity (Wildman–Crippen MR) is 107 cm³/mol. The normalized spacial score (nSPS) is 10.8. The lowest BCUT2D eigenvalue weighted by molar-refractivity contribution is 0.102. The highest BCUT2D eigenvalue weighted by Crippen LogP contribution is 2.29. The summed E-state index contributed by atoms with van der Waals surface area (Å²) < 4.78 is 19.0. The molecule has 4 aromatic rings. The summed E-state index contributed by atoms with van der Waals surface area (Å²) >= 11 is 5.95. The molecule has 1 aromatic heterocycles. The van der Waals surface area contributed by atoms with Gasteiger partial charge in [0.05, 0.1) is 10.9 Å². The van der Waals surface area contributed by atoms with Crippen molar-refractivity contribution in [1.29, 1.82) is 0 Å². The summed E-state index contributed by atoms with van der Waals surface area (Å²) in [5, 5.41) is 3.55. The second-order valence-corrected chi connectivity index (χ2v) is 6.54. The van der Waals surface area contributed by atoms with Crippen LogP contribution in [-0.2, 0) is 0 Å². The predicted octanol–water partition coefficient (Wildman–Crippen LogP) is 5.50. The minimum absolute atomic E-state index is 0.0142. The van der Waals surface area contributed by atoms with Gasteiger partial charge in [0.15, 0.2) is 0 Å². The van der Waals surface area contributed by atoms with E-state index in [1.54, 1.807) is 48.5 Å². The second kappa shape index (κ2) is 7.29. The van der Waals surface area contributed by atoms with Gasteiger partial charge < -0.3 is 4.42 Å². The van der Waals surface area contributed by atoms with Crippen LogP contribution in [0.25, 0.3) is 22.1 Å². The van der Waals surface area contributed by atoms with Gasteiger partial charge in [0, 0.05) is 10.6 Å². The second-order valence-electron chi connectivity index (χ2n) is 6.10. The van der Waals surface area contributed by atoms with Crippen LogP contribution in [0.1, 0.15) is 10.4 Å². The zero-order valence-electron chi connectivity index (χ0n) is 14.4. The molecule has 0 unspecified atom stereocenters. The smallest absolute Gasteiger partial charge is 0.257 e. The third-order valence-electron chi connectivity index (χ3n) is 4.26. The summed E-state index contributed by atoms with van der Waals surface area (Å²) in [6.45, 7) is 0. The van der Waals surface area contributed by atoms with Gasteiger partial charge in [-0.15, -0.1) is 0 Å². The molecule has 3 aromatic carbocycles. The Hall–Kier alpha value is -3.44. The molecule has 0 aliphatic carbocycles. The number of hydrogen-bond acceptors (Lipinski definition) is 3. The maximum atomic E-state index is 13.1. The average Bonchev–Trinajstić information content (AvgIpc) is 2.70. The quantitative estimate of drug-likeness (QED) is 0.499. The van der Waals surface area contributed by atoms with Crippen molar-refractivity contribution >= 4 is 34.4 Å². The van der Waals surface area contributed by atoms with Gasteiger partial charge in [-0.25, -0.2) is 4.39 Å². The first kappa shape index (κ1) is 17.9. The first-order valence-corrected chi connectivity index (χ1v) is 8.79. The van der Waals surface area contributed by atoms with Gasteiger partial charge in [0.25, 0.3) is 5.91 Å². The Bertz CT molecular complexity index is 1230. The van der Waals surface area contributed by atoms with Gasteiger partial charge in [0.2, 0.25) is 11.3 Å². The maximum Gasteiger partial charge on any atom is 0.257 e. The highest BCUT2D eigenvalue weighted by atomic mass is 35.5. The molecule has 0 aliphatic heterocycles. The topological polar surface area (TPSA) is 59.3 Å². The largest absolute Gasteiger partial charge is 0.439 e. The van der Waals surface area contributed by atoms with Crippen LogP contribution in [0.4, 0.5) is 10.3 Å². The van der Waals surface area contributed by atoms with Crippen molar-refractivity contribution in [2.24, 2.45) is 0 Å². The summed E-state index contributed by atoms with van der Waals surface area (Å²) in [5.74, 6) is -0.954. The van der Waals surface area contributed by atoms with Crippen molar-refractivity contribution < 1.29 is 13.6 Å². The number of benzene rings is 3. The minimum Gasteiger partial charge on any atom is -0.439 e. The number of anilines is 1. The number of halogens is 2. The van der Waals surface area contributed by atoms with Crippen molar-refractivity contribution in [3.05, 3.63) is 99.4 Å². The van der Waals surface area contributed by atoms with E-state index in [0.29, 0.717) is 21.6 Å². The number of carbonyl (C=O) groups excluding carboxylic acids is 1. The number of hydrogen-bond donors (Lipinski definition) is 1. The number of amides is 1. The Morgan fingerprint density at radius 2 is 1.61 bits per heavy atom. The third-order valence-corrected chi connectivity index (χ3v) is 4.52. The van der Waals surface area contributed by atoms with Crippen LogP contribution in [0.5, 0.6) is 0 Å². The summed E-state index contributed by atoms with van der Waals surface area (Å²) in [5.41, 5.74) is 1.07. The monoisotopic (exact) mass is 393 g/mol. The van der Waals surface area contributed by atoms with E-state index in [1.807, 2.05) is 0 Å². The summed E-state index contributed by atoms with van der Waals surface area (Å²) in [7, 11) is 0. The van der Waals surface area contributed by atoms with Crippen molar-refractivity contribution in [2.75, 3.05) is 5.32 Å². The highest BCUT2D eigenvalue weighted by Gasteiger charge is 2.19. The molecule has 1 heterocycles. The van der Waals surface area contributed by atoms with Gasteiger partial charge in [-0.05, 0) is 54.1 Å². The minimum atomic E-state index is -0.520. The Labute approximate surface area is 164 Å². The number of carbonyl (C=O) groups is 1. The number of para-hydroxylation sites is 1. The van der Waals surface area contributed by atoms with E-state index >= 15 is 0 Å². The van der Waals surface area contributed by atoms with Crippen molar-refractivity contribution in [1.82, 2.24) is 0 Å². The Balaban J connectivity index is 1.87. The molecule has 0 spiro atoms. The maximum absolute atomic E-state index is 13.1. The van der Waals surface area contributed by atoms with Crippen LogP contribution < -0.4 is 10.7 Å². The van der Waals surface area contributed by atoms with E-state index in [2.05, 4.69) is 5.32 Å². The van der Waals surface area contributed by atoms with E-state index < -0.39 is 11.7 Å². The fraction of sp³-hybridized carbons (Fsp3) is 0. The fourth-order valence-corrected chi connectivity index (χ4v) is 3.01. The van der Waals surface area contributed by atoms with Crippen molar-refractivity contribution in [2.45, 2.75) is 0 Å². The van der Waals surface area contributed by atoms with E-state index in [-0.39, 0.29) is 22.4 Å². The molecule has 6 heteroatoms.